The van der Waals surface area contributed by atoms with Crippen molar-refractivity contribution >= 4 is 17.5 Å². The molecule has 0 unspecified atom stereocenters. The van der Waals surface area contributed by atoms with Crippen LogP contribution in [-0.2, 0) is 20.7 Å². The topological polar surface area (TPSA) is 80.0 Å². The molecule has 0 aromatic carbocycles. The van der Waals surface area contributed by atoms with Crippen LogP contribution in [0.5, 0.6) is 0 Å². The molecule has 0 spiro atoms. The summed E-state index contributed by atoms with van der Waals surface area (Å²) in [6.07, 6.45) is 3.04. The van der Waals surface area contributed by atoms with Gasteiger partial charge in [-0.15, -0.1) is 0 Å². The van der Waals surface area contributed by atoms with Gasteiger partial charge >= 0.3 is 0 Å². The van der Waals surface area contributed by atoms with Crippen molar-refractivity contribution < 1.29 is 14.3 Å². The number of morpholine rings is 1. The summed E-state index contributed by atoms with van der Waals surface area (Å²) in [5, 5.41) is 4.79. The first-order chi connectivity index (χ1) is 14.0. The SMILES string of the molecule is CC(=O)N1CCC[C@H]1c1cc2nc(C)c(CCC(=O)N3CCOCC3)c(C)n2n1. The fourth-order valence-corrected chi connectivity index (χ4v) is 4.52. The molecule has 2 aromatic heterocycles. The lowest BCUT2D eigenvalue weighted by molar-refractivity contribution is -0.135. The zero-order valence-corrected chi connectivity index (χ0v) is 17.5. The Labute approximate surface area is 170 Å². The molecule has 0 N–H and O–H groups in total. The zero-order chi connectivity index (χ0) is 20.5. The third kappa shape index (κ3) is 3.85. The molecule has 0 bridgehead atoms. The van der Waals surface area contributed by atoms with Gasteiger partial charge in [0.2, 0.25) is 11.8 Å². The summed E-state index contributed by atoms with van der Waals surface area (Å²) >= 11 is 0. The van der Waals surface area contributed by atoms with Gasteiger partial charge in [0.05, 0.1) is 24.9 Å². The van der Waals surface area contributed by atoms with Crippen molar-refractivity contribution in [3.63, 3.8) is 0 Å². The fraction of sp³-hybridized carbons (Fsp3) is 0.619. The largest absolute Gasteiger partial charge is 0.378 e. The maximum absolute atomic E-state index is 12.5. The second-order valence-corrected chi connectivity index (χ2v) is 7.96. The lowest BCUT2D eigenvalue weighted by Crippen LogP contribution is -2.40. The van der Waals surface area contributed by atoms with E-state index in [2.05, 4.69) is 0 Å². The second kappa shape index (κ2) is 8.10. The number of ether oxygens (including phenoxy) is 1. The third-order valence-corrected chi connectivity index (χ3v) is 6.13. The third-order valence-electron chi connectivity index (χ3n) is 6.13. The lowest BCUT2D eigenvalue weighted by atomic mass is 10.1. The monoisotopic (exact) mass is 399 g/mol. The van der Waals surface area contributed by atoms with Crippen molar-refractivity contribution in [3.05, 3.63) is 28.7 Å². The van der Waals surface area contributed by atoms with Crippen LogP contribution in [0.1, 0.15) is 54.9 Å². The maximum Gasteiger partial charge on any atom is 0.223 e. The Morgan fingerprint density at radius 2 is 1.97 bits per heavy atom. The molecule has 4 rings (SSSR count). The Morgan fingerprint density at radius 1 is 1.21 bits per heavy atom. The minimum absolute atomic E-state index is 0.0280. The summed E-state index contributed by atoms with van der Waals surface area (Å²) < 4.78 is 7.19. The molecule has 8 nitrogen and oxygen atoms in total. The first-order valence-electron chi connectivity index (χ1n) is 10.4. The highest BCUT2D eigenvalue weighted by molar-refractivity contribution is 5.76. The van der Waals surface area contributed by atoms with Crippen molar-refractivity contribution in [2.75, 3.05) is 32.8 Å². The molecule has 2 aliphatic heterocycles. The molecule has 1 atom stereocenters. The number of aryl methyl sites for hydroxylation is 2. The van der Waals surface area contributed by atoms with Gasteiger partial charge in [0.25, 0.3) is 0 Å². The summed E-state index contributed by atoms with van der Waals surface area (Å²) in [6.45, 7) is 9.00. The van der Waals surface area contributed by atoms with Gasteiger partial charge in [-0.05, 0) is 38.7 Å². The molecule has 156 valence electrons. The van der Waals surface area contributed by atoms with Crippen LogP contribution in [0.15, 0.2) is 6.07 Å². The molecule has 0 radical (unpaired) electrons. The quantitative estimate of drug-likeness (QED) is 0.784. The Hall–Kier alpha value is -2.48. The minimum atomic E-state index is 0.0280. The Balaban J connectivity index is 1.56. The summed E-state index contributed by atoms with van der Waals surface area (Å²) in [6, 6.07) is 2.02. The predicted octanol–water partition coefficient (Wildman–Crippen LogP) is 1.82. The molecule has 2 amide bonds. The number of amides is 2. The van der Waals surface area contributed by atoms with E-state index in [-0.39, 0.29) is 17.9 Å². The van der Waals surface area contributed by atoms with E-state index in [0.29, 0.717) is 39.1 Å². The molecule has 2 fully saturated rings. The molecule has 2 aliphatic rings. The van der Waals surface area contributed by atoms with Gasteiger partial charge in [0, 0.05) is 50.4 Å². The number of fused-ring (bicyclic) bond motifs is 1. The normalized spacial score (nSPS) is 19.9. The van der Waals surface area contributed by atoms with Crippen LogP contribution in [0.2, 0.25) is 0 Å². The van der Waals surface area contributed by atoms with Crippen molar-refractivity contribution in [1.29, 1.82) is 0 Å². The van der Waals surface area contributed by atoms with Gasteiger partial charge in [0.15, 0.2) is 5.65 Å². The molecule has 4 heterocycles. The van der Waals surface area contributed by atoms with Gasteiger partial charge in [-0.25, -0.2) is 9.50 Å². The average molecular weight is 399 g/mol. The minimum Gasteiger partial charge on any atom is -0.378 e. The highest BCUT2D eigenvalue weighted by Crippen LogP contribution is 2.32. The first kappa shape index (κ1) is 19.8. The Bertz CT molecular complexity index is 932. The van der Waals surface area contributed by atoms with E-state index in [0.717, 1.165) is 47.7 Å². The number of nitrogens with zero attached hydrogens (tertiary/aromatic N) is 5. The zero-order valence-electron chi connectivity index (χ0n) is 17.5. The number of carbonyl (C=O) groups is 2. The summed E-state index contributed by atoms with van der Waals surface area (Å²) in [7, 11) is 0. The maximum atomic E-state index is 12.5. The van der Waals surface area contributed by atoms with E-state index < -0.39 is 0 Å². The molecule has 0 aliphatic carbocycles. The van der Waals surface area contributed by atoms with Gasteiger partial charge < -0.3 is 14.5 Å². The molecular weight excluding hydrogens is 370 g/mol. The molecule has 2 saturated heterocycles. The predicted molar refractivity (Wildman–Crippen MR) is 108 cm³/mol. The smallest absolute Gasteiger partial charge is 0.223 e. The standard InChI is InChI=1S/C21H29N5O3/c1-14-17(6-7-21(28)24-9-11-29-12-10-24)15(2)26-20(22-14)13-18(23-26)19-5-4-8-25(19)16(3)27/h13,19H,4-12H2,1-3H3/t19-/m0/s1. The van der Waals surface area contributed by atoms with Gasteiger partial charge in [-0.3, -0.25) is 9.59 Å². The van der Waals surface area contributed by atoms with Crippen molar-refractivity contribution in [2.45, 2.75) is 52.5 Å². The molecule has 29 heavy (non-hydrogen) atoms. The Kier molecular flexibility index (Phi) is 5.54. The van der Waals surface area contributed by atoms with Crippen LogP contribution < -0.4 is 0 Å². The number of rotatable bonds is 4. The van der Waals surface area contributed by atoms with E-state index >= 15 is 0 Å². The van der Waals surface area contributed by atoms with E-state index in [1.807, 2.05) is 34.2 Å². The van der Waals surface area contributed by atoms with Crippen molar-refractivity contribution in [1.82, 2.24) is 24.4 Å². The van der Waals surface area contributed by atoms with Gasteiger partial charge in [-0.1, -0.05) is 0 Å². The highest BCUT2D eigenvalue weighted by Gasteiger charge is 2.30. The fourth-order valence-electron chi connectivity index (χ4n) is 4.52. The van der Waals surface area contributed by atoms with E-state index in [1.165, 1.54) is 0 Å². The number of hydrogen-bond acceptors (Lipinski definition) is 5. The van der Waals surface area contributed by atoms with Gasteiger partial charge in [-0.2, -0.15) is 5.10 Å². The van der Waals surface area contributed by atoms with E-state index in [4.69, 9.17) is 14.8 Å². The van der Waals surface area contributed by atoms with E-state index in [1.54, 1.807) is 6.92 Å². The summed E-state index contributed by atoms with van der Waals surface area (Å²) in [5.41, 5.74) is 4.72. The van der Waals surface area contributed by atoms with Crippen LogP contribution in [-0.4, -0.2) is 69.1 Å². The summed E-state index contributed by atoms with van der Waals surface area (Å²) in [5.74, 6) is 0.254. The highest BCUT2D eigenvalue weighted by atomic mass is 16.5. The number of hydrogen-bond donors (Lipinski definition) is 0. The number of aromatic nitrogens is 3. The van der Waals surface area contributed by atoms with Crippen LogP contribution in [0.4, 0.5) is 0 Å². The number of carbonyl (C=O) groups excluding carboxylic acids is 2. The molecule has 8 heteroatoms. The second-order valence-electron chi connectivity index (χ2n) is 7.96. The van der Waals surface area contributed by atoms with Crippen molar-refractivity contribution in [2.24, 2.45) is 0 Å². The van der Waals surface area contributed by atoms with E-state index in [9.17, 15) is 9.59 Å². The molecular formula is C21H29N5O3. The average Bonchev–Trinajstić information content (AvgIpc) is 3.35. The number of likely N-dealkylation sites (tertiary alicyclic amines) is 1. The van der Waals surface area contributed by atoms with Crippen molar-refractivity contribution in [3.8, 4) is 0 Å². The molecule has 2 aromatic rings. The van der Waals surface area contributed by atoms with Crippen LogP contribution >= 0.6 is 0 Å². The van der Waals surface area contributed by atoms with Crippen LogP contribution in [0.25, 0.3) is 5.65 Å². The van der Waals surface area contributed by atoms with Crippen LogP contribution in [0.3, 0.4) is 0 Å². The molecule has 0 saturated carbocycles. The summed E-state index contributed by atoms with van der Waals surface area (Å²) in [4.78, 5) is 33.0. The Morgan fingerprint density at radius 3 is 2.69 bits per heavy atom. The van der Waals surface area contributed by atoms with Gasteiger partial charge in [0.1, 0.15) is 0 Å². The van der Waals surface area contributed by atoms with Crippen LogP contribution in [0, 0.1) is 13.8 Å². The first-order valence-corrected chi connectivity index (χ1v) is 10.4. The lowest BCUT2D eigenvalue weighted by Gasteiger charge is -2.27.